The van der Waals surface area contributed by atoms with Crippen molar-refractivity contribution in [3.8, 4) is 0 Å². The minimum atomic E-state index is -3.71. The number of carbonyl (C=O) groups excluding carboxylic acids is 1. The normalized spacial score (nSPS) is 14.4. The molecule has 0 heterocycles. The molecular weight excluding hydrogens is 344 g/mol. The van der Waals surface area contributed by atoms with Crippen LogP contribution in [-0.4, -0.2) is 44.5 Å². The molecule has 1 aromatic carbocycles. The lowest BCUT2D eigenvalue weighted by Gasteiger charge is -2.22. The molecule has 1 aromatic rings. The molecule has 0 aromatic heterocycles. The zero-order valence-corrected chi connectivity index (χ0v) is 15.3. The van der Waals surface area contributed by atoms with Gasteiger partial charge < -0.3 is 15.7 Å². The number of carboxylic acids is 1. The molecule has 0 fully saturated rings. The number of hydrogen-bond donors (Lipinski definition) is 3. The lowest BCUT2D eigenvalue weighted by Crippen LogP contribution is -2.49. The number of benzene rings is 1. The Balaban J connectivity index is 2.96. The minimum Gasteiger partial charge on any atom is -0.481 e. The first-order valence-electron chi connectivity index (χ1n) is 7.85. The Morgan fingerprint density at radius 2 is 1.80 bits per heavy atom. The van der Waals surface area contributed by atoms with E-state index in [1.807, 2.05) is 13.8 Å². The molecule has 7 nitrogen and oxygen atoms in total. The van der Waals surface area contributed by atoms with Gasteiger partial charge in [0.05, 0.1) is 23.4 Å². The molecule has 1 rings (SSSR count). The van der Waals surface area contributed by atoms with E-state index in [0.29, 0.717) is 0 Å². The standard InChI is InChI=1S/C17H24N2O5S/c1-12(2)16(18-3)17(22)19-13(11-15(20)21)9-10-25(23,24)14-7-5-4-6-8-14/h4-10,12-13,16,18H,11H2,1-3H3,(H,19,22)(H,20,21)/b10-9+/t13-,16+/m1/s1. The highest BCUT2D eigenvalue weighted by Gasteiger charge is 2.23. The second-order valence-corrected chi connectivity index (χ2v) is 7.74. The highest BCUT2D eigenvalue weighted by molar-refractivity contribution is 7.94. The number of nitrogens with one attached hydrogen (secondary N) is 2. The molecule has 0 bridgehead atoms. The number of sulfone groups is 1. The maximum atomic E-state index is 12.3. The molecule has 0 spiro atoms. The molecule has 0 aliphatic carbocycles. The fourth-order valence-electron chi connectivity index (χ4n) is 2.28. The van der Waals surface area contributed by atoms with Gasteiger partial charge in [-0.3, -0.25) is 9.59 Å². The van der Waals surface area contributed by atoms with Gasteiger partial charge in [-0.1, -0.05) is 32.0 Å². The zero-order chi connectivity index (χ0) is 19.0. The van der Waals surface area contributed by atoms with Crippen LogP contribution in [0.5, 0.6) is 0 Å². The van der Waals surface area contributed by atoms with Crippen molar-refractivity contribution in [3.05, 3.63) is 41.8 Å². The molecule has 0 aliphatic heterocycles. The van der Waals surface area contributed by atoms with Gasteiger partial charge in [-0.15, -0.1) is 0 Å². The lowest BCUT2D eigenvalue weighted by atomic mass is 10.0. The van der Waals surface area contributed by atoms with Gasteiger partial charge in [-0.2, -0.15) is 0 Å². The fourth-order valence-corrected chi connectivity index (χ4v) is 3.37. The number of carbonyl (C=O) groups is 2. The molecule has 0 aliphatic rings. The molecule has 0 saturated heterocycles. The first kappa shape index (κ1) is 20.9. The summed E-state index contributed by atoms with van der Waals surface area (Å²) in [7, 11) is -2.08. The Bertz CT molecular complexity index is 714. The second kappa shape index (κ2) is 9.33. The van der Waals surface area contributed by atoms with Crippen molar-refractivity contribution >= 4 is 21.7 Å². The van der Waals surface area contributed by atoms with Crippen LogP contribution in [0.25, 0.3) is 0 Å². The van der Waals surface area contributed by atoms with E-state index in [4.69, 9.17) is 5.11 Å². The Morgan fingerprint density at radius 1 is 1.20 bits per heavy atom. The van der Waals surface area contributed by atoms with Crippen LogP contribution in [0.15, 0.2) is 46.7 Å². The van der Waals surface area contributed by atoms with Crippen molar-refractivity contribution in [2.45, 2.75) is 37.2 Å². The summed E-state index contributed by atoms with van der Waals surface area (Å²) < 4.78 is 24.5. The Hall–Kier alpha value is -2.19. The van der Waals surface area contributed by atoms with Gasteiger partial charge in [0.15, 0.2) is 9.84 Å². The summed E-state index contributed by atoms with van der Waals surface area (Å²) in [6.45, 7) is 3.70. The fraction of sp³-hybridized carbons (Fsp3) is 0.412. The summed E-state index contributed by atoms with van der Waals surface area (Å²) >= 11 is 0. The molecule has 0 saturated carbocycles. The molecular formula is C17H24N2O5S. The molecule has 0 unspecified atom stereocenters. The summed E-state index contributed by atoms with van der Waals surface area (Å²) in [6, 6.07) is 6.34. The molecule has 25 heavy (non-hydrogen) atoms. The van der Waals surface area contributed by atoms with Crippen LogP contribution in [0, 0.1) is 5.92 Å². The highest BCUT2D eigenvalue weighted by atomic mass is 32.2. The summed E-state index contributed by atoms with van der Waals surface area (Å²) in [5.74, 6) is -1.53. The molecule has 1 amide bonds. The third-order valence-corrected chi connectivity index (χ3v) is 4.99. The third-order valence-electron chi connectivity index (χ3n) is 3.54. The minimum absolute atomic E-state index is 0.00694. The van der Waals surface area contributed by atoms with E-state index >= 15 is 0 Å². The summed E-state index contributed by atoms with van der Waals surface area (Å²) in [6.07, 6.45) is 0.780. The number of rotatable bonds is 9. The van der Waals surface area contributed by atoms with Gasteiger partial charge >= 0.3 is 5.97 Å². The van der Waals surface area contributed by atoms with E-state index in [-0.39, 0.29) is 16.7 Å². The SMILES string of the molecule is CN[C@H](C(=O)N[C@H](/C=C/S(=O)(=O)c1ccccc1)CC(=O)O)C(C)C. The summed E-state index contributed by atoms with van der Waals surface area (Å²) in [4.78, 5) is 23.4. The maximum Gasteiger partial charge on any atom is 0.305 e. The van der Waals surface area contributed by atoms with Crippen LogP contribution in [0.1, 0.15) is 20.3 Å². The van der Waals surface area contributed by atoms with Crippen molar-refractivity contribution in [1.82, 2.24) is 10.6 Å². The topological polar surface area (TPSA) is 113 Å². The van der Waals surface area contributed by atoms with Gasteiger partial charge in [0, 0.05) is 5.41 Å². The van der Waals surface area contributed by atoms with Gasteiger partial charge in [0.25, 0.3) is 0 Å². The van der Waals surface area contributed by atoms with Gasteiger partial charge in [0.2, 0.25) is 5.91 Å². The van der Waals surface area contributed by atoms with Crippen LogP contribution in [0.4, 0.5) is 0 Å². The van der Waals surface area contributed by atoms with Crippen LogP contribution in [0.2, 0.25) is 0 Å². The van der Waals surface area contributed by atoms with Gasteiger partial charge in [-0.25, -0.2) is 8.42 Å². The first-order chi connectivity index (χ1) is 11.7. The van der Waals surface area contributed by atoms with Gasteiger partial charge in [0.1, 0.15) is 0 Å². The predicted octanol–water partition coefficient (Wildman–Crippen LogP) is 1.18. The van der Waals surface area contributed by atoms with E-state index in [1.54, 1.807) is 25.2 Å². The largest absolute Gasteiger partial charge is 0.481 e. The zero-order valence-electron chi connectivity index (χ0n) is 14.5. The van der Waals surface area contributed by atoms with Crippen molar-refractivity contribution in [3.63, 3.8) is 0 Å². The van der Waals surface area contributed by atoms with E-state index in [1.165, 1.54) is 18.2 Å². The average Bonchev–Trinajstić information content (AvgIpc) is 2.53. The molecule has 8 heteroatoms. The van der Waals surface area contributed by atoms with Crippen molar-refractivity contribution in [1.29, 1.82) is 0 Å². The predicted molar refractivity (Wildman–Crippen MR) is 94.6 cm³/mol. The van der Waals surface area contributed by atoms with Crippen molar-refractivity contribution in [2.75, 3.05) is 7.05 Å². The number of carboxylic acid groups (broad SMARTS) is 1. The molecule has 3 N–H and O–H groups in total. The van der Waals surface area contributed by atoms with E-state index < -0.39 is 34.3 Å². The number of hydrogen-bond acceptors (Lipinski definition) is 5. The van der Waals surface area contributed by atoms with Crippen LogP contribution < -0.4 is 10.6 Å². The maximum absolute atomic E-state index is 12.3. The van der Waals surface area contributed by atoms with Crippen LogP contribution in [0.3, 0.4) is 0 Å². The van der Waals surface area contributed by atoms with E-state index in [9.17, 15) is 18.0 Å². The summed E-state index contributed by atoms with van der Waals surface area (Å²) in [5, 5.41) is 15.4. The van der Waals surface area contributed by atoms with Crippen LogP contribution >= 0.6 is 0 Å². The Labute approximate surface area is 148 Å². The molecule has 2 atom stereocenters. The summed E-state index contributed by atoms with van der Waals surface area (Å²) in [5.41, 5.74) is 0. The first-order valence-corrected chi connectivity index (χ1v) is 9.39. The lowest BCUT2D eigenvalue weighted by molar-refractivity contribution is -0.137. The Kier molecular flexibility index (Phi) is 7.79. The van der Waals surface area contributed by atoms with E-state index in [0.717, 1.165) is 5.41 Å². The van der Waals surface area contributed by atoms with Crippen molar-refractivity contribution in [2.24, 2.45) is 5.92 Å². The third kappa shape index (κ3) is 6.67. The van der Waals surface area contributed by atoms with Crippen LogP contribution in [-0.2, 0) is 19.4 Å². The molecule has 0 radical (unpaired) electrons. The number of amides is 1. The van der Waals surface area contributed by atoms with Crippen molar-refractivity contribution < 1.29 is 23.1 Å². The smallest absolute Gasteiger partial charge is 0.305 e. The number of likely N-dealkylation sites (N-methyl/N-ethyl adjacent to an activating group) is 1. The second-order valence-electron chi connectivity index (χ2n) is 5.91. The monoisotopic (exact) mass is 368 g/mol. The number of aliphatic carboxylic acids is 1. The highest BCUT2D eigenvalue weighted by Crippen LogP contribution is 2.12. The quantitative estimate of drug-likeness (QED) is 0.603. The average molecular weight is 368 g/mol. The molecule has 138 valence electrons. The van der Waals surface area contributed by atoms with E-state index in [2.05, 4.69) is 10.6 Å². The van der Waals surface area contributed by atoms with Gasteiger partial charge in [-0.05, 0) is 31.2 Å². The Morgan fingerprint density at radius 3 is 2.28 bits per heavy atom.